The van der Waals surface area contributed by atoms with Gasteiger partial charge in [-0.2, -0.15) is 4.67 Å². The number of hydrogen-bond donors (Lipinski definition) is 0. The largest absolute Gasteiger partial charge is 1.00 e. The van der Waals surface area contributed by atoms with E-state index in [1.54, 1.807) is 39.2 Å². The van der Waals surface area contributed by atoms with E-state index in [1.165, 1.54) is 0 Å². The zero-order valence-electron chi connectivity index (χ0n) is 12.2. The molecule has 2 unspecified atom stereocenters. The van der Waals surface area contributed by atoms with Crippen molar-refractivity contribution in [3.63, 3.8) is 0 Å². The minimum atomic E-state index is -3.72. The molecule has 0 aliphatic heterocycles. The molecule has 20 heavy (non-hydrogen) atoms. The van der Waals surface area contributed by atoms with E-state index in [1.807, 2.05) is 0 Å². The molecular formula is C11H16KO5PS2. The molecule has 0 radical (unpaired) electrons. The second-order valence-corrected chi connectivity index (χ2v) is 7.74. The summed E-state index contributed by atoms with van der Waals surface area (Å²) < 4.78 is 21.2. The average Bonchev–Trinajstić information content (AvgIpc) is 2.24. The molecule has 1 aromatic rings. The summed E-state index contributed by atoms with van der Waals surface area (Å²) in [6.07, 6.45) is 1.60. The second kappa shape index (κ2) is 9.47. The first kappa shape index (κ1) is 21.3. The van der Waals surface area contributed by atoms with Crippen LogP contribution in [0, 0.1) is 13.8 Å². The number of benzene rings is 1. The minimum Gasteiger partial charge on any atom is -0.768 e. The van der Waals surface area contributed by atoms with E-state index in [0.717, 1.165) is 16.0 Å². The Labute approximate surface area is 169 Å². The standard InChI is InChI=1S/C11H17O5PS2.K/c1-5-14-16-17(12,18)15-10-6-8(2)11(19(4)13)9(3)7-10;/h6-7H,5H2,1-4H3,(H,12,18);/q;+1/p-1. The van der Waals surface area contributed by atoms with Crippen LogP contribution in [0.2, 0.25) is 0 Å². The average molecular weight is 362 g/mol. The fourth-order valence-corrected chi connectivity index (χ4v) is 3.72. The third kappa shape index (κ3) is 6.62. The predicted molar refractivity (Wildman–Crippen MR) is 75.9 cm³/mol. The molecule has 0 aliphatic rings. The first-order valence-corrected chi connectivity index (χ1v) is 9.64. The number of aryl methyl sites for hydroxylation is 2. The van der Waals surface area contributed by atoms with Crippen LogP contribution < -0.4 is 60.8 Å². The van der Waals surface area contributed by atoms with Gasteiger partial charge in [-0.3, -0.25) is 4.21 Å². The summed E-state index contributed by atoms with van der Waals surface area (Å²) in [6, 6.07) is 3.25. The van der Waals surface area contributed by atoms with E-state index in [0.29, 0.717) is 5.75 Å². The molecule has 0 aromatic heterocycles. The molecule has 0 N–H and O–H groups in total. The zero-order chi connectivity index (χ0) is 14.6. The zero-order valence-corrected chi connectivity index (χ0v) is 17.8. The molecule has 1 aromatic carbocycles. The Kier molecular flexibility index (Phi) is 10.1. The van der Waals surface area contributed by atoms with E-state index < -0.39 is 17.5 Å². The maximum Gasteiger partial charge on any atom is 1.00 e. The molecular weight excluding hydrogens is 346 g/mol. The molecule has 2 atom stereocenters. The van der Waals surface area contributed by atoms with Gasteiger partial charge in [-0.25, -0.2) is 4.89 Å². The Balaban J connectivity index is 0.00000361. The van der Waals surface area contributed by atoms with Gasteiger partial charge in [-0.05, 0) is 55.8 Å². The van der Waals surface area contributed by atoms with Crippen molar-refractivity contribution < 1.29 is 74.6 Å². The molecule has 0 spiro atoms. The van der Waals surface area contributed by atoms with Crippen LogP contribution in [0.5, 0.6) is 5.75 Å². The minimum absolute atomic E-state index is 0. The normalized spacial score (nSPS) is 15.1. The smallest absolute Gasteiger partial charge is 0.768 e. The van der Waals surface area contributed by atoms with Gasteiger partial charge < -0.3 is 9.42 Å². The fourth-order valence-electron chi connectivity index (χ4n) is 1.68. The van der Waals surface area contributed by atoms with Gasteiger partial charge in [0.1, 0.15) is 5.75 Å². The van der Waals surface area contributed by atoms with Crippen LogP contribution in [0.15, 0.2) is 17.0 Å². The monoisotopic (exact) mass is 362 g/mol. The van der Waals surface area contributed by atoms with E-state index in [-0.39, 0.29) is 58.0 Å². The van der Waals surface area contributed by atoms with Crippen molar-refractivity contribution in [2.75, 3.05) is 12.9 Å². The van der Waals surface area contributed by atoms with Crippen molar-refractivity contribution in [2.24, 2.45) is 0 Å². The third-order valence-electron chi connectivity index (χ3n) is 2.20. The van der Waals surface area contributed by atoms with Gasteiger partial charge in [-0.1, -0.05) is 0 Å². The van der Waals surface area contributed by atoms with Gasteiger partial charge in [0, 0.05) is 11.2 Å². The Morgan fingerprint density at radius 1 is 1.35 bits per heavy atom. The molecule has 108 valence electrons. The topological polar surface area (TPSA) is 67.8 Å². The van der Waals surface area contributed by atoms with E-state index in [9.17, 15) is 9.10 Å². The molecule has 0 amide bonds. The Bertz CT molecular complexity index is 515. The summed E-state index contributed by atoms with van der Waals surface area (Å²) in [4.78, 5) is 17.1. The Morgan fingerprint density at radius 2 is 1.85 bits per heavy atom. The molecule has 9 heteroatoms. The van der Waals surface area contributed by atoms with Crippen LogP contribution in [0.4, 0.5) is 0 Å². The maximum absolute atomic E-state index is 11.8. The van der Waals surface area contributed by atoms with Crippen LogP contribution in [0.3, 0.4) is 0 Å². The van der Waals surface area contributed by atoms with E-state index in [2.05, 4.69) is 21.4 Å². The van der Waals surface area contributed by atoms with Crippen molar-refractivity contribution in [2.45, 2.75) is 25.7 Å². The summed E-state index contributed by atoms with van der Waals surface area (Å²) in [5, 5.41) is 0. The molecule has 1 rings (SSSR count). The van der Waals surface area contributed by atoms with Crippen LogP contribution in [0.1, 0.15) is 18.1 Å². The Hall–Kier alpha value is 1.34. The van der Waals surface area contributed by atoms with Crippen molar-refractivity contribution >= 4 is 29.3 Å². The summed E-state index contributed by atoms with van der Waals surface area (Å²) in [5.74, 6) is 0.308. The number of hydrogen-bond acceptors (Lipinski definition) is 6. The third-order valence-corrected chi connectivity index (χ3v) is 4.55. The Morgan fingerprint density at radius 3 is 2.25 bits per heavy atom. The van der Waals surface area contributed by atoms with Crippen molar-refractivity contribution in [3.05, 3.63) is 23.3 Å². The second-order valence-electron chi connectivity index (χ2n) is 3.86. The molecule has 0 bridgehead atoms. The van der Waals surface area contributed by atoms with E-state index >= 15 is 0 Å². The van der Waals surface area contributed by atoms with Crippen molar-refractivity contribution in [3.8, 4) is 5.75 Å². The van der Waals surface area contributed by atoms with Crippen LogP contribution >= 0.6 is 6.72 Å². The molecule has 0 fully saturated rings. The first-order chi connectivity index (χ1) is 8.76. The van der Waals surface area contributed by atoms with Gasteiger partial charge in [-0.15, -0.1) is 0 Å². The van der Waals surface area contributed by atoms with Gasteiger partial charge >= 0.3 is 51.4 Å². The quantitative estimate of drug-likeness (QED) is 0.279. The van der Waals surface area contributed by atoms with Crippen LogP contribution in [-0.4, -0.2) is 17.1 Å². The van der Waals surface area contributed by atoms with Gasteiger partial charge in [0.05, 0.1) is 17.4 Å². The van der Waals surface area contributed by atoms with Crippen LogP contribution in [-0.2, 0) is 32.2 Å². The van der Waals surface area contributed by atoms with Gasteiger partial charge in [0.15, 0.2) is 0 Å². The molecule has 0 heterocycles. The van der Waals surface area contributed by atoms with Gasteiger partial charge in [0.25, 0.3) is 0 Å². The van der Waals surface area contributed by atoms with Crippen molar-refractivity contribution in [1.82, 2.24) is 0 Å². The summed E-state index contributed by atoms with van der Waals surface area (Å²) in [7, 11) is -1.09. The SMILES string of the molecule is CCOOP([O-])(=S)Oc1cc(C)c(S(C)=O)c(C)c1.[K+]. The maximum atomic E-state index is 11.8. The van der Waals surface area contributed by atoms with E-state index in [4.69, 9.17) is 4.52 Å². The van der Waals surface area contributed by atoms with Crippen molar-refractivity contribution in [1.29, 1.82) is 0 Å². The molecule has 0 saturated carbocycles. The molecule has 0 aliphatic carbocycles. The van der Waals surface area contributed by atoms with Gasteiger partial charge in [0.2, 0.25) is 6.72 Å². The number of rotatable bonds is 6. The summed E-state index contributed by atoms with van der Waals surface area (Å²) in [5.41, 5.74) is 1.56. The summed E-state index contributed by atoms with van der Waals surface area (Å²) in [6.45, 7) is 1.77. The molecule has 5 nitrogen and oxygen atoms in total. The molecule has 0 saturated heterocycles. The summed E-state index contributed by atoms with van der Waals surface area (Å²) >= 11 is 4.69. The van der Waals surface area contributed by atoms with Crippen LogP contribution in [0.25, 0.3) is 0 Å². The predicted octanol–water partition coefficient (Wildman–Crippen LogP) is -1.02. The fraction of sp³-hybridized carbons (Fsp3) is 0.455. The first-order valence-electron chi connectivity index (χ1n) is 5.53.